The van der Waals surface area contributed by atoms with Crippen molar-refractivity contribution in [3.63, 3.8) is 0 Å². The summed E-state index contributed by atoms with van der Waals surface area (Å²) >= 11 is 0. The van der Waals surface area contributed by atoms with Gasteiger partial charge in [-0.2, -0.15) is 5.10 Å². The molecule has 1 N–H and O–H groups in total. The average Bonchev–Trinajstić information content (AvgIpc) is 2.73. The zero-order chi connectivity index (χ0) is 19.8. The first-order valence-electron chi connectivity index (χ1n) is 8.46. The van der Waals surface area contributed by atoms with E-state index in [1.807, 2.05) is 48.5 Å². The number of rotatable bonds is 7. The van der Waals surface area contributed by atoms with Gasteiger partial charge in [-0.15, -0.1) is 0 Å². The summed E-state index contributed by atoms with van der Waals surface area (Å²) in [5.41, 5.74) is 4.17. The van der Waals surface area contributed by atoms with Crippen molar-refractivity contribution in [1.82, 2.24) is 5.43 Å². The van der Waals surface area contributed by atoms with Gasteiger partial charge in [0.2, 0.25) is 0 Å². The number of carbonyl (C=O) groups excluding carboxylic acids is 1. The highest BCUT2D eigenvalue weighted by Crippen LogP contribution is 2.15. The van der Waals surface area contributed by atoms with Crippen LogP contribution in [0.2, 0.25) is 0 Å². The van der Waals surface area contributed by atoms with Crippen LogP contribution >= 0.6 is 0 Å². The number of hydrogen-bond acceptors (Lipinski definition) is 5. The van der Waals surface area contributed by atoms with Crippen LogP contribution in [0.1, 0.15) is 21.5 Å². The average molecular weight is 375 g/mol. The minimum Gasteiger partial charge on any atom is -0.489 e. The quantitative estimate of drug-likeness (QED) is 0.384. The lowest BCUT2D eigenvalue weighted by molar-refractivity contribution is -0.384. The van der Waals surface area contributed by atoms with Crippen LogP contribution in [-0.2, 0) is 6.61 Å². The van der Waals surface area contributed by atoms with E-state index in [4.69, 9.17) is 4.74 Å². The van der Waals surface area contributed by atoms with Crippen LogP contribution in [0.3, 0.4) is 0 Å². The summed E-state index contributed by atoms with van der Waals surface area (Å²) in [5, 5.41) is 14.7. The molecule has 0 aromatic heterocycles. The molecule has 0 aliphatic carbocycles. The second-order valence-electron chi connectivity index (χ2n) is 5.85. The van der Waals surface area contributed by atoms with Gasteiger partial charge in [0, 0.05) is 17.7 Å². The predicted octanol–water partition coefficient (Wildman–Crippen LogP) is 3.94. The third-order valence-electron chi connectivity index (χ3n) is 3.81. The van der Waals surface area contributed by atoms with Crippen LogP contribution in [0.5, 0.6) is 5.75 Å². The zero-order valence-electron chi connectivity index (χ0n) is 14.8. The Morgan fingerprint density at radius 1 is 1.04 bits per heavy atom. The molecule has 0 saturated heterocycles. The number of nitro groups is 1. The Balaban J connectivity index is 1.59. The lowest BCUT2D eigenvalue weighted by Crippen LogP contribution is -2.17. The van der Waals surface area contributed by atoms with Gasteiger partial charge in [0.15, 0.2) is 0 Å². The normalized spacial score (nSPS) is 10.6. The Morgan fingerprint density at radius 2 is 1.82 bits per heavy atom. The van der Waals surface area contributed by atoms with Crippen molar-refractivity contribution in [2.75, 3.05) is 0 Å². The van der Waals surface area contributed by atoms with E-state index in [0.717, 1.165) is 11.1 Å². The van der Waals surface area contributed by atoms with E-state index in [1.54, 1.807) is 6.07 Å². The first-order valence-corrected chi connectivity index (χ1v) is 8.46. The molecule has 0 atom stereocenters. The number of non-ortho nitro benzene ring substituents is 1. The molecule has 7 nitrogen and oxygen atoms in total. The monoisotopic (exact) mass is 375 g/mol. The lowest BCUT2D eigenvalue weighted by Gasteiger charge is -2.06. The SMILES string of the molecule is O=C(NN=Cc1cccc(OCc2ccccc2)c1)c1cccc([N+](=O)[O-])c1. The standard InChI is InChI=1S/C21H17N3O4/c25-21(18-9-5-10-19(13-18)24(26)27)23-22-14-17-8-4-11-20(12-17)28-15-16-6-2-1-3-7-16/h1-14H,15H2,(H,23,25). The predicted molar refractivity (Wildman–Crippen MR) is 105 cm³/mol. The van der Waals surface area contributed by atoms with Gasteiger partial charge in [0.25, 0.3) is 11.6 Å². The number of amides is 1. The van der Waals surface area contributed by atoms with Crippen molar-refractivity contribution in [3.05, 3.63) is 106 Å². The number of nitrogens with one attached hydrogen (secondary N) is 1. The lowest BCUT2D eigenvalue weighted by atomic mass is 10.2. The van der Waals surface area contributed by atoms with Crippen LogP contribution < -0.4 is 10.2 Å². The smallest absolute Gasteiger partial charge is 0.271 e. The molecule has 0 heterocycles. The van der Waals surface area contributed by atoms with E-state index in [2.05, 4.69) is 10.5 Å². The first kappa shape index (κ1) is 18.8. The Labute approximate surface area is 161 Å². The summed E-state index contributed by atoms with van der Waals surface area (Å²) in [6, 6.07) is 22.5. The maximum Gasteiger partial charge on any atom is 0.271 e. The molecule has 3 aromatic carbocycles. The third-order valence-corrected chi connectivity index (χ3v) is 3.81. The zero-order valence-corrected chi connectivity index (χ0v) is 14.8. The van der Waals surface area contributed by atoms with Gasteiger partial charge in [-0.3, -0.25) is 14.9 Å². The van der Waals surface area contributed by atoms with Crippen molar-refractivity contribution >= 4 is 17.8 Å². The Morgan fingerprint density at radius 3 is 2.61 bits per heavy atom. The molecule has 140 valence electrons. The molecule has 3 rings (SSSR count). The number of nitrogens with zero attached hydrogens (tertiary/aromatic N) is 2. The van der Waals surface area contributed by atoms with E-state index in [-0.39, 0.29) is 11.3 Å². The van der Waals surface area contributed by atoms with Crippen LogP contribution in [0, 0.1) is 10.1 Å². The molecule has 7 heteroatoms. The van der Waals surface area contributed by atoms with Crippen LogP contribution in [0.15, 0.2) is 84.0 Å². The largest absolute Gasteiger partial charge is 0.489 e. The Bertz CT molecular complexity index is 1000. The van der Waals surface area contributed by atoms with E-state index in [0.29, 0.717) is 12.4 Å². The number of hydrogen-bond donors (Lipinski definition) is 1. The minimum absolute atomic E-state index is 0.153. The van der Waals surface area contributed by atoms with Gasteiger partial charge in [-0.1, -0.05) is 48.5 Å². The highest BCUT2D eigenvalue weighted by atomic mass is 16.6. The molecule has 1 amide bonds. The molecule has 0 fully saturated rings. The maximum atomic E-state index is 12.1. The summed E-state index contributed by atoms with van der Waals surface area (Å²) < 4.78 is 5.75. The van der Waals surface area contributed by atoms with Crippen LogP contribution in [0.4, 0.5) is 5.69 Å². The molecule has 28 heavy (non-hydrogen) atoms. The van der Waals surface area contributed by atoms with E-state index < -0.39 is 10.8 Å². The van der Waals surface area contributed by atoms with Crippen LogP contribution in [-0.4, -0.2) is 17.0 Å². The molecule has 0 spiro atoms. The van der Waals surface area contributed by atoms with Gasteiger partial charge >= 0.3 is 0 Å². The number of carbonyl (C=O) groups is 1. The number of nitro benzene ring substituents is 1. The number of ether oxygens (including phenoxy) is 1. The van der Waals surface area contributed by atoms with E-state index in [1.165, 1.54) is 30.5 Å². The van der Waals surface area contributed by atoms with Gasteiger partial charge in [-0.05, 0) is 29.3 Å². The van der Waals surface area contributed by atoms with Crippen molar-refractivity contribution in [2.45, 2.75) is 6.61 Å². The molecule has 0 saturated carbocycles. The molecule has 0 bridgehead atoms. The molecule has 3 aromatic rings. The van der Waals surface area contributed by atoms with E-state index >= 15 is 0 Å². The summed E-state index contributed by atoms with van der Waals surface area (Å²) in [6.07, 6.45) is 1.48. The van der Waals surface area contributed by atoms with Crippen molar-refractivity contribution in [1.29, 1.82) is 0 Å². The summed E-state index contributed by atoms with van der Waals surface area (Å²) in [6.45, 7) is 0.449. The minimum atomic E-state index is -0.555. The third kappa shape index (κ3) is 5.25. The molecule has 0 unspecified atom stereocenters. The number of benzene rings is 3. The first-order chi connectivity index (χ1) is 13.6. The second kappa shape index (κ2) is 9.09. The van der Waals surface area contributed by atoms with Gasteiger partial charge in [0.1, 0.15) is 12.4 Å². The fourth-order valence-corrected chi connectivity index (χ4v) is 2.42. The highest BCUT2D eigenvalue weighted by molar-refractivity contribution is 5.95. The fraction of sp³-hybridized carbons (Fsp3) is 0.0476. The summed E-state index contributed by atoms with van der Waals surface area (Å²) in [4.78, 5) is 22.3. The molecule has 0 aliphatic heterocycles. The maximum absolute atomic E-state index is 12.1. The van der Waals surface area contributed by atoms with Gasteiger partial charge in [-0.25, -0.2) is 5.43 Å². The van der Waals surface area contributed by atoms with Gasteiger partial charge in [0.05, 0.1) is 11.1 Å². The summed E-state index contributed by atoms with van der Waals surface area (Å²) in [5.74, 6) is 0.147. The topological polar surface area (TPSA) is 93.8 Å². The molecular formula is C21H17N3O4. The van der Waals surface area contributed by atoms with Crippen molar-refractivity contribution in [3.8, 4) is 5.75 Å². The van der Waals surface area contributed by atoms with Crippen LogP contribution in [0.25, 0.3) is 0 Å². The second-order valence-corrected chi connectivity index (χ2v) is 5.85. The van der Waals surface area contributed by atoms with Crippen molar-refractivity contribution in [2.24, 2.45) is 5.10 Å². The highest BCUT2D eigenvalue weighted by Gasteiger charge is 2.10. The fourth-order valence-electron chi connectivity index (χ4n) is 2.42. The molecular weight excluding hydrogens is 358 g/mol. The summed E-state index contributed by atoms with van der Waals surface area (Å²) in [7, 11) is 0. The number of hydrazone groups is 1. The molecule has 0 aliphatic rings. The van der Waals surface area contributed by atoms with E-state index in [9.17, 15) is 14.9 Å². The molecule has 0 radical (unpaired) electrons. The van der Waals surface area contributed by atoms with Crippen molar-refractivity contribution < 1.29 is 14.5 Å². The Kier molecular flexibility index (Phi) is 6.10. The van der Waals surface area contributed by atoms with Gasteiger partial charge < -0.3 is 4.74 Å². The Hall–Kier alpha value is -4.00.